The summed E-state index contributed by atoms with van der Waals surface area (Å²) >= 11 is 0. The second-order valence-electron chi connectivity index (χ2n) is 3.58. The van der Waals surface area contributed by atoms with Gasteiger partial charge in [-0.25, -0.2) is 4.79 Å². The fourth-order valence-electron chi connectivity index (χ4n) is 1.77. The molecule has 0 amide bonds. The Hall–Kier alpha value is -1.31. The monoisotopic (exact) mass is 190 g/mol. The topological polar surface area (TPSA) is 26.3 Å². The van der Waals surface area contributed by atoms with Crippen LogP contribution in [0, 0.1) is 0 Å². The SMILES string of the molecule is CCCC=C1OC(=O)C2=C1CCC=C2. The first-order valence-electron chi connectivity index (χ1n) is 5.15. The van der Waals surface area contributed by atoms with Crippen LogP contribution in [-0.2, 0) is 9.53 Å². The Labute approximate surface area is 83.9 Å². The van der Waals surface area contributed by atoms with Crippen LogP contribution in [0.2, 0.25) is 0 Å². The maximum Gasteiger partial charge on any atom is 0.343 e. The zero-order valence-electron chi connectivity index (χ0n) is 8.38. The quantitative estimate of drug-likeness (QED) is 0.626. The second-order valence-corrected chi connectivity index (χ2v) is 3.58. The van der Waals surface area contributed by atoms with E-state index in [0.29, 0.717) is 0 Å². The highest BCUT2D eigenvalue weighted by Crippen LogP contribution is 2.33. The fourth-order valence-corrected chi connectivity index (χ4v) is 1.77. The molecule has 0 N–H and O–H groups in total. The molecule has 2 nitrogen and oxygen atoms in total. The van der Waals surface area contributed by atoms with Crippen molar-refractivity contribution in [2.45, 2.75) is 32.6 Å². The molecule has 0 atom stereocenters. The molecule has 0 spiro atoms. The Morgan fingerprint density at radius 2 is 2.43 bits per heavy atom. The van der Waals surface area contributed by atoms with Crippen molar-refractivity contribution in [2.75, 3.05) is 0 Å². The fraction of sp³-hybridized carbons (Fsp3) is 0.417. The third kappa shape index (κ3) is 1.52. The van der Waals surface area contributed by atoms with E-state index in [9.17, 15) is 4.79 Å². The molecule has 0 fully saturated rings. The number of allylic oxidation sites excluding steroid dienone is 3. The van der Waals surface area contributed by atoms with Gasteiger partial charge in [-0.05, 0) is 25.3 Å². The predicted octanol–water partition coefficient (Wildman–Crippen LogP) is 2.87. The van der Waals surface area contributed by atoms with Gasteiger partial charge in [-0.2, -0.15) is 0 Å². The van der Waals surface area contributed by atoms with Gasteiger partial charge in [-0.1, -0.05) is 25.5 Å². The van der Waals surface area contributed by atoms with E-state index in [1.54, 1.807) is 0 Å². The average Bonchev–Trinajstić information content (AvgIpc) is 2.54. The van der Waals surface area contributed by atoms with Gasteiger partial charge in [-0.15, -0.1) is 0 Å². The molecule has 0 saturated carbocycles. The smallest absolute Gasteiger partial charge is 0.343 e. The Balaban J connectivity index is 2.28. The maximum absolute atomic E-state index is 11.4. The summed E-state index contributed by atoms with van der Waals surface area (Å²) < 4.78 is 5.21. The van der Waals surface area contributed by atoms with Crippen LogP contribution in [0.1, 0.15) is 32.6 Å². The van der Waals surface area contributed by atoms with E-state index in [0.717, 1.165) is 42.6 Å². The van der Waals surface area contributed by atoms with Gasteiger partial charge in [0.25, 0.3) is 0 Å². The lowest BCUT2D eigenvalue weighted by atomic mass is 9.97. The van der Waals surface area contributed by atoms with Gasteiger partial charge in [0.05, 0.1) is 5.57 Å². The molecule has 1 aliphatic carbocycles. The van der Waals surface area contributed by atoms with E-state index in [4.69, 9.17) is 4.74 Å². The van der Waals surface area contributed by atoms with Crippen molar-refractivity contribution >= 4 is 5.97 Å². The molecule has 0 aromatic carbocycles. The largest absolute Gasteiger partial charge is 0.423 e. The van der Waals surface area contributed by atoms with Gasteiger partial charge < -0.3 is 4.74 Å². The molecular formula is C12H14O2. The molecule has 0 saturated heterocycles. The zero-order valence-corrected chi connectivity index (χ0v) is 8.38. The summed E-state index contributed by atoms with van der Waals surface area (Å²) in [7, 11) is 0. The number of esters is 1. The van der Waals surface area contributed by atoms with Crippen LogP contribution in [-0.4, -0.2) is 5.97 Å². The number of hydrogen-bond donors (Lipinski definition) is 0. The minimum Gasteiger partial charge on any atom is -0.423 e. The molecular weight excluding hydrogens is 176 g/mol. The Kier molecular flexibility index (Phi) is 2.53. The third-order valence-electron chi connectivity index (χ3n) is 2.51. The third-order valence-corrected chi connectivity index (χ3v) is 2.51. The maximum atomic E-state index is 11.4. The summed E-state index contributed by atoms with van der Waals surface area (Å²) in [6.07, 6.45) is 9.95. The molecule has 0 aromatic heterocycles. The van der Waals surface area contributed by atoms with Crippen molar-refractivity contribution in [2.24, 2.45) is 0 Å². The summed E-state index contributed by atoms with van der Waals surface area (Å²) in [6.45, 7) is 2.11. The van der Waals surface area contributed by atoms with E-state index in [1.807, 2.05) is 18.2 Å². The molecule has 14 heavy (non-hydrogen) atoms. The van der Waals surface area contributed by atoms with E-state index in [2.05, 4.69) is 6.92 Å². The van der Waals surface area contributed by atoms with Gasteiger partial charge in [-0.3, -0.25) is 0 Å². The molecule has 2 heteroatoms. The highest BCUT2D eigenvalue weighted by molar-refractivity contribution is 5.97. The van der Waals surface area contributed by atoms with Crippen molar-refractivity contribution in [3.8, 4) is 0 Å². The van der Waals surface area contributed by atoms with Crippen molar-refractivity contribution in [3.05, 3.63) is 35.1 Å². The van der Waals surface area contributed by atoms with Gasteiger partial charge in [0.1, 0.15) is 5.76 Å². The number of rotatable bonds is 2. The second kappa shape index (κ2) is 3.82. The minimum atomic E-state index is -0.182. The van der Waals surface area contributed by atoms with Crippen LogP contribution in [0.25, 0.3) is 0 Å². The zero-order chi connectivity index (χ0) is 9.97. The van der Waals surface area contributed by atoms with Crippen molar-refractivity contribution in [1.82, 2.24) is 0 Å². The summed E-state index contributed by atoms with van der Waals surface area (Å²) in [5.41, 5.74) is 1.87. The molecule has 1 aliphatic heterocycles. The Morgan fingerprint density at radius 3 is 3.21 bits per heavy atom. The average molecular weight is 190 g/mol. The van der Waals surface area contributed by atoms with E-state index in [1.165, 1.54) is 0 Å². The lowest BCUT2D eigenvalue weighted by molar-refractivity contribution is -0.132. The van der Waals surface area contributed by atoms with E-state index >= 15 is 0 Å². The summed E-state index contributed by atoms with van der Waals surface area (Å²) in [4.78, 5) is 11.4. The molecule has 0 bridgehead atoms. The summed E-state index contributed by atoms with van der Waals surface area (Å²) in [6, 6.07) is 0. The van der Waals surface area contributed by atoms with Gasteiger partial charge in [0.2, 0.25) is 0 Å². The number of cyclic esters (lactones) is 1. The van der Waals surface area contributed by atoms with Crippen molar-refractivity contribution in [1.29, 1.82) is 0 Å². The van der Waals surface area contributed by atoms with Crippen LogP contribution in [0.15, 0.2) is 35.1 Å². The van der Waals surface area contributed by atoms with Crippen LogP contribution >= 0.6 is 0 Å². The number of unbranched alkanes of at least 4 members (excludes halogenated alkanes) is 1. The van der Waals surface area contributed by atoms with E-state index < -0.39 is 0 Å². The lowest BCUT2D eigenvalue weighted by Crippen LogP contribution is -1.97. The number of carbonyl (C=O) groups is 1. The number of carbonyl (C=O) groups excluding carboxylic acids is 1. The van der Waals surface area contributed by atoms with Crippen LogP contribution in [0.4, 0.5) is 0 Å². The molecule has 1 heterocycles. The van der Waals surface area contributed by atoms with Crippen molar-refractivity contribution < 1.29 is 9.53 Å². The summed E-state index contributed by atoms with van der Waals surface area (Å²) in [5, 5.41) is 0. The molecule has 2 aliphatic rings. The first-order valence-corrected chi connectivity index (χ1v) is 5.15. The molecule has 74 valence electrons. The Bertz CT molecular complexity index is 345. The molecule has 2 rings (SSSR count). The number of hydrogen-bond acceptors (Lipinski definition) is 2. The van der Waals surface area contributed by atoms with Crippen LogP contribution < -0.4 is 0 Å². The van der Waals surface area contributed by atoms with Crippen LogP contribution in [0.5, 0.6) is 0 Å². The van der Waals surface area contributed by atoms with Gasteiger partial charge in [0.15, 0.2) is 0 Å². The summed E-state index contributed by atoms with van der Waals surface area (Å²) in [5.74, 6) is 0.620. The lowest BCUT2D eigenvalue weighted by Gasteiger charge is -2.05. The predicted molar refractivity (Wildman–Crippen MR) is 54.5 cm³/mol. The standard InChI is InChI=1S/C12H14O2/c1-2-3-8-11-9-6-4-5-7-10(9)12(13)14-11/h5,7-8H,2-4,6H2,1H3. The van der Waals surface area contributed by atoms with E-state index in [-0.39, 0.29) is 5.97 Å². The minimum absolute atomic E-state index is 0.182. The molecule has 0 radical (unpaired) electrons. The van der Waals surface area contributed by atoms with Crippen molar-refractivity contribution in [3.63, 3.8) is 0 Å². The normalized spacial score (nSPS) is 22.9. The Morgan fingerprint density at radius 1 is 1.57 bits per heavy atom. The first-order chi connectivity index (χ1) is 6.83. The highest BCUT2D eigenvalue weighted by Gasteiger charge is 2.28. The number of ether oxygens (including phenoxy) is 1. The molecule has 0 aromatic rings. The first kappa shape index (κ1) is 9.25. The van der Waals surface area contributed by atoms with Gasteiger partial charge in [0, 0.05) is 5.57 Å². The van der Waals surface area contributed by atoms with Gasteiger partial charge >= 0.3 is 5.97 Å². The van der Waals surface area contributed by atoms with Crippen LogP contribution in [0.3, 0.4) is 0 Å². The highest BCUT2D eigenvalue weighted by atomic mass is 16.5. The molecule has 0 unspecified atom stereocenters.